The third-order valence-electron chi connectivity index (χ3n) is 7.38. The molecule has 1 amide bonds. The standard InChI is InChI=1S/C27H31N5O4/c1-16-8-10-19(11-9-16)24-29-25-20(27(34)36-23-17(2)6-5-7-18(23)3)21(28-4)22(32(25)30-24)26(33)31-12-14-35-15-13-31/h8-11,17-18,23H,5-7,12-15H2,1-3H3,(H,29,30). The molecule has 2 fully saturated rings. The first kappa shape index (κ1) is 24.1. The molecule has 0 spiro atoms. The molecular formula is C27H31N5O4. The number of hydrogen-bond donors (Lipinski definition) is 1. The molecule has 9 nitrogen and oxygen atoms in total. The number of nitrogens with one attached hydrogen (secondary N) is 1. The molecule has 1 aromatic carbocycles. The number of hydrogen-bond acceptors (Lipinski definition) is 5. The van der Waals surface area contributed by atoms with Crippen molar-refractivity contribution >= 4 is 23.2 Å². The van der Waals surface area contributed by atoms with Gasteiger partial charge in [0.25, 0.3) is 5.91 Å². The predicted octanol–water partition coefficient (Wildman–Crippen LogP) is 4.64. The number of carbonyl (C=O) groups is 2. The summed E-state index contributed by atoms with van der Waals surface area (Å²) < 4.78 is 12.9. The van der Waals surface area contributed by atoms with Crippen LogP contribution in [0.3, 0.4) is 0 Å². The van der Waals surface area contributed by atoms with Crippen LogP contribution in [0.2, 0.25) is 0 Å². The van der Waals surface area contributed by atoms with Crippen LogP contribution in [0.5, 0.6) is 0 Å². The molecule has 3 heterocycles. The van der Waals surface area contributed by atoms with Gasteiger partial charge < -0.3 is 14.4 Å². The van der Waals surface area contributed by atoms with Crippen LogP contribution in [-0.2, 0) is 9.47 Å². The Morgan fingerprint density at radius 1 is 1.14 bits per heavy atom. The summed E-state index contributed by atoms with van der Waals surface area (Å²) in [5.74, 6) is 0.0165. The molecule has 2 atom stereocenters. The van der Waals surface area contributed by atoms with Crippen LogP contribution in [0.15, 0.2) is 24.3 Å². The highest BCUT2D eigenvalue weighted by molar-refractivity contribution is 6.11. The molecule has 2 aromatic heterocycles. The van der Waals surface area contributed by atoms with Gasteiger partial charge in [0.05, 0.1) is 19.8 Å². The average Bonchev–Trinajstić information content (AvgIpc) is 3.43. The number of aromatic nitrogens is 3. The van der Waals surface area contributed by atoms with Gasteiger partial charge in [-0.15, -0.1) is 0 Å². The lowest BCUT2D eigenvalue weighted by atomic mass is 9.80. The molecule has 9 heteroatoms. The van der Waals surface area contributed by atoms with Crippen LogP contribution in [0.1, 0.15) is 59.5 Å². The molecule has 1 aliphatic heterocycles. The lowest BCUT2D eigenvalue weighted by Gasteiger charge is -2.33. The fraction of sp³-hybridized carbons (Fsp3) is 0.481. The first-order chi connectivity index (χ1) is 17.4. The van der Waals surface area contributed by atoms with E-state index in [1.165, 1.54) is 4.52 Å². The maximum atomic E-state index is 13.6. The van der Waals surface area contributed by atoms with Crippen LogP contribution in [-0.4, -0.2) is 63.8 Å². The zero-order valence-electron chi connectivity index (χ0n) is 20.9. The third-order valence-corrected chi connectivity index (χ3v) is 7.38. The topological polar surface area (TPSA) is 93.3 Å². The monoisotopic (exact) mass is 489 g/mol. The lowest BCUT2D eigenvalue weighted by molar-refractivity contribution is -0.0159. The van der Waals surface area contributed by atoms with Crippen LogP contribution in [0, 0.1) is 25.3 Å². The van der Waals surface area contributed by atoms with Crippen molar-refractivity contribution in [1.82, 2.24) is 19.5 Å². The SMILES string of the molecule is [C-]#[N+]c1c(C(=O)OC2C(C)CCCC2C)c2nc(-c3ccc(C)cc3)[nH]n2c1C(=O)N1CCOCC1. The Balaban J connectivity index is 1.63. The second kappa shape index (κ2) is 9.78. The highest BCUT2D eigenvalue weighted by Gasteiger charge is 2.37. The largest absolute Gasteiger partial charge is 0.459 e. The number of aromatic amines is 1. The van der Waals surface area contributed by atoms with Gasteiger partial charge in [-0.2, -0.15) is 0 Å². The maximum absolute atomic E-state index is 13.6. The zero-order valence-corrected chi connectivity index (χ0v) is 20.9. The molecule has 5 rings (SSSR count). The fourth-order valence-corrected chi connectivity index (χ4v) is 5.32. The van der Waals surface area contributed by atoms with E-state index in [9.17, 15) is 9.59 Å². The minimum Gasteiger partial charge on any atom is -0.459 e. The molecule has 1 saturated carbocycles. The Labute approximate surface area is 210 Å². The Morgan fingerprint density at radius 3 is 2.44 bits per heavy atom. The molecule has 0 bridgehead atoms. The van der Waals surface area contributed by atoms with E-state index in [0.29, 0.717) is 32.1 Å². The van der Waals surface area contributed by atoms with E-state index in [4.69, 9.17) is 16.0 Å². The minimum atomic E-state index is -0.605. The number of aryl methyl sites for hydroxylation is 1. The first-order valence-corrected chi connectivity index (χ1v) is 12.6. The number of fused-ring (bicyclic) bond motifs is 1. The van der Waals surface area contributed by atoms with E-state index in [1.54, 1.807) is 4.90 Å². The van der Waals surface area contributed by atoms with Gasteiger partial charge >= 0.3 is 5.97 Å². The number of nitrogens with zero attached hydrogens (tertiary/aromatic N) is 4. The number of morpholine rings is 1. The molecule has 2 unspecified atom stereocenters. The number of H-pyrrole nitrogens is 1. The number of benzene rings is 1. The van der Waals surface area contributed by atoms with Crippen LogP contribution in [0.4, 0.5) is 5.69 Å². The van der Waals surface area contributed by atoms with Crippen LogP contribution < -0.4 is 0 Å². The number of rotatable bonds is 4. The van der Waals surface area contributed by atoms with Gasteiger partial charge in [-0.3, -0.25) is 9.89 Å². The van der Waals surface area contributed by atoms with E-state index in [1.807, 2.05) is 31.2 Å². The summed E-state index contributed by atoms with van der Waals surface area (Å²) in [6.45, 7) is 15.8. The summed E-state index contributed by atoms with van der Waals surface area (Å²) in [4.78, 5) is 37.2. The molecule has 36 heavy (non-hydrogen) atoms. The maximum Gasteiger partial charge on any atom is 0.331 e. The number of amides is 1. The molecule has 1 saturated heterocycles. The quantitative estimate of drug-likeness (QED) is 0.426. The van der Waals surface area contributed by atoms with Crippen molar-refractivity contribution in [3.05, 3.63) is 52.5 Å². The molecular weight excluding hydrogens is 458 g/mol. The van der Waals surface area contributed by atoms with Gasteiger partial charge in [0.2, 0.25) is 5.69 Å². The zero-order chi connectivity index (χ0) is 25.4. The second-order valence-corrected chi connectivity index (χ2v) is 9.94. The number of esters is 1. The highest BCUT2D eigenvalue weighted by atomic mass is 16.5. The van der Waals surface area contributed by atoms with Gasteiger partial charge in [0.15, 0.2) is 11.5 Å². The highest BCUT2D eigenvalue weighted by Crippen LogP contribution is 2.37. The molecule has 1 aliphatic carbocycles. The van der Waals surface area contributed by atoms with E-state index < -0.39 is 5.97 Å². The van der Waals surface area contributed by atoms with Gasteiger partial charge in [0, 0.05) is 18.7 Å². The van der Waals surface area contributed by atoms with Gasteiger partial charge in [0.1, 0.15) is 17.4 Å². The molecule has 2 aliphatic rings. The molecule has 0 radical (unpaired) electrons. The van der Waals surface area contributed by atoms with E-state index in [0.717, 1.165) is 30.4 Å². The van der Waals surface area contributed by atoms with Gasteiger partial charge in [-0.05, 0) is 31.6 Å². The number of ether oxygens (including phenoxy) is 2. The lowest BCUT2D eigenvalue weighted by Crippen LogP contribution is -2.41. The van der Waals surface area contributed by atoms with Crippen molar-refractivity contribution in [2.45, 2.75) is 46.1 Å². The summed E-state index contributed by atoms with van der Waals surface area (Å²) in [5.41, 5.74) is 2.27. The van der Waals surface area contributed by atoms with E-state index in [2.05, 4.69) is 28.8 Å². The second-order valence-electron chi connectivity index (χ2n) is 9.94. The summed E-state index contributed by atoms with van der Waals surface area (Å²) in [7, 11) is 0. The Kier molecular flexibility index (Phi) is 6.54. The predicted molar refractivity (Wildman–Crippen MR) is 134 cm³/mol. The smallest absolute Gasteiger partial charge is 0.331 e. The average molecular weight is 490 g/mol. The molecule has 1 N–H and O–H groups in total. The fourth-order valence-electron chi connectivity index (χ4n) is 5.32. The van der Waals surface area contributed by atoms with Gasteiger partial charge in [-0.1, -0.05) is 50.1 Å². The number of carbonyl (C=O) groups excluding carboxylic acids is 2. The summed E-state index contributed by atoms with van der Waals surface area (Å²) in [6, 6.07) is 7.80. The third kappa shape index (κ3) is 4.26. The summed E-state index contributed by atoms with van der Waals surface area (Å²) in [5, 5.41) is 3.17. The summed E-state index contributed by atoms with van der Waals surface area (Å²) >= 11 is 0. The van der Waals surface area contributed by atoms with Gasteiger partial charge in [-0.25, -0.2) is 19.1 Å². The van der Waals surface area contributed by atoms with E-state index >= 15 is 0 Å². The van der Waals surface area contributed by atoms with Crippen molar-refractivity contribution in [2.24, 2.45) is 11.8 Å². The normalized spacial score (nSPS) is 22.4. The van der Waals surface area contributed by atoms with Crippen molar-refractivity contribution < 1.29 is 19.1 Å². The minimum absolute atomic E-state index is 0.0261. The Morgan fingerprint density at radius 2 is 1.81 bits per heavy atom. The van der Waals surface area contributed by atoms with Crippen LogP contribution in [0.25, 0.3) is 21.9 Å². The molecule has 3 aromatic rings. The van der Waals surface area contributed by atoms with Crippen molar-refractivity contribution in [3.8, 4) is 11.4 Å². The Hall–Kier alpha value is -3.64. The Bertz CT molecular complexity index is 1320. The summed E-state index contributed by atoms with van der Waals surface area (Å²) in [6.07, 6.45) is 2.85. The first-order valence-electron chi connectivity index (χ1n) is 12.6. The van der Waals surface area contributed by atoms with Crippen molar-refractivity contribution in [3.63, 3.8) is 0 Å². The van der Waals surface area contributed by atoms with Crippen LogP contribution >= 0.6 is 0 Å². The van der Waals surface area contributed by atoms with Crippen molar-refractivity contribution in [1.29, 1.82) is 0 Å². The van der Waals surface area contributed by atoms with Crippen molar-refractivity contribution in [2.75, 3.05) is 26.3 Å². The van der Waals surface area contributed by atoms with E-state index in [-0.39, 0.29) is 46.4 Å². The molecule has 188 valence electrons.